The van der Waals surface area contributed by atoms with Crippen molar-refractivity contribution in [1.82, 2.24) is 10.2 Å². The maximum absolute atomic E-state index is 13.5. The van der Waals surface area contributed by atoms with Crippen LogP contribution in [0.3, 0.4) is 0 Å². The number of hydrogen-bond acceptors (Lipinski definition) is 2. The minimum absolute atomic E-state index is 0.0738. The molecule has 0 amide bonds. The third-order valence-electron chi connectivity index (χ3n) is 4.05. The van der Waals surface area contributed by atoms with Gasteiger partial charge in [0.05, 0.1) is 0 Å². The number of piperidine rings is 1. The van der Waals surface area contributed by atoms with E-state index < -0.39 is 0 Å². The van der Waals surface area contributed by atoms with Crippen LogP contribution in [0.2, 0.25) is 0 Å². The second-order valence-corrected chi connectivity index (χ2v) is 5.24. The molecule has 1 heterocycles. The summed E-state index contributed by atoms with van der Waals surface area (Å²) in [4.78, 5) is 2.47. The predicted molar refractivity (Wildman–Crippen MR) is 73.2 cm³/mol. The van der Waals surface area contributed by atoms with E-state index in [0.717, 1.165) is 25.1 Å². The van der Waals surface area contributed by atoms with Crippen LogP contribution < -0.4 is 5.32 Å². The molecule has 1 saturated heterocycles. The zero-order valence-corrected chi connectivity index (χ0v) is 11.3. The van der Waals surface area contributed by atoms with E-state index in [1.807, 2.05) is 19.2 Å². The van der Waals surface area contributed by atoms with Crippen molar-refractivity contribution in [3.05, 3.63) is 35.6 Å². The molecule has 0 radical (unpaired) electrons. The van der Waals surface area contributed by atoms with E-state index in [1.54, 1.807) is 12.1 Å². The molecule has 1 fully saturated rings. The van der Waals surface area contributed by atoms with E-state index in [-0.39, 0.29) is 5.82 Å². The van der Waals surface area contributed by atoms with E-state index in [0.29, 0.717) is 12.1 Å². The molecule has 18 heavy (non-hydrogen) atoms. The SMILES string of the molecule is CNC1CCN(CCc2ccccc2F)C(C)C1. The Morgan fingerprint density at radius 3 is 2.83 bits per heavy atom. The molecule has 0 bridgehead atoms. The molecule has 0 spiro atoms. The van der Waals surface area contributed by atoms with Gasteiger partial charge in [-0.2, -0.15) is 0 Å². The molecule has 0 aliphatic carbocycles. The highest BCUT2D eigenvalue weighted by Gasteiger charge is 2.23. The van der Waals surface area contributed by atoms with Crippen LogP contribution in [0.25, 0.3) is 0 Å². The number of nitrogens with one attached hydrogen (secondary N) is 1. The molecular weight excluding hydrogens is 227 g/mol. The number of halogens is 1. The van der Waals surface area contributed by atoms with E-state index >= 15 is 0 Å². The van der Waals surface area contributed by atoms with Gasteiger partial charge in [-0.15, -0.1) is 0 Å². The number of hydrogen-bond donors (Lipinski definition) is 1. The highest BCUT2D eigenvalue weighted by atomic mass is 19.1. The third kappa shape index (κ3) is 3.30. The first-order valence-electron chi connectivity index (χ1n) is 6.85. The van der Waals surface area contributed by atoms with Crippen LogP contribution in [0, 0.1) is 5.82 Å². The minimum Gasteiger partial charge on any atom is -0.317 e. The topological polar surface area (TPSA) is 15.3 Å². The molecule has 1 N–H and O–H groups in total. The lowest BCUT2D eigenvalue weighted by atomic mass is 9.98. The van der Waals surface area contributed by atoms with Crippen LogP contribution >= 0.6 is 0 Å². The van der Waals surface area contributed by atoms with Gasteiger partial charge in [-0.25, -0.2) is 4.39 Å². The molecule has 2 atom stereocenters. The molecule has 1 aromatic rings. The Hall–Kier alpha value is -0.930. The average molecular weight is 250 g/mol. The molecule has 2 unspecified atom stereocenters. The largest absolute Gasteiger partial charge is 0.317 e. The number of likely N-dealkylation sites (tertiary alicyclic amines) is 1. The monoisotopic (exact) mass is 250 g/mol. The van der Waals surface area contributed by atoms with Gasteiger partial charge in [0, 0.05) is 18.6 Å². The lowest BCUT2D eigenvalue weighted by Crippen LogP contribution is -2.47. The van der Waals surface area contributed by atoms with Crippen LogP contribution in [0.15, 0.2) is 24.3 Å². The van der Waals surface area contributed by atoms with Crippen LogP contribution in [-0.2, 0) is 6.42 Å². The Morgan fingerprint density at radius 1 is 1.39 bits per heavy atom. The Morgan fingerprint density at radius 2 is 2.17 bits per heavy atom. The van der Waals surface area contributed by atoms with Crippen LogP contribution in [0.4, 0.5) is 4.39 Å². The van der Waals surface area contributed by atoms with E-state index in [1.165, 1.54) is 12.8 Å². The summed E-state index contributed by atoms with van der Waals surface area (Å²) < 4.78 is 13.5. The van der Waals surface area contributed by atoms with Crippen LogP contribution in [0.1, 0.15) is 25.3 Å². The first kappa shape index (κ1) is 13.5. The fraction of sp³-hybridized carbons (Fsp3) is 0.600. The van der Waals surface area contributed by atoms with E-state index in [2.05, 4.69) is 17.1 Å². The van der Waals surface area contributed by atoms with Gasteiger partial charge in [0.2, 0.25) is 0 Å². The Bertz CT molecular complexity index is 381. The standard InChI is InChI=1S/C15H23FN2/c1-12-11-14(17-2)8-10-18(12)9-7-13-5-3-4-6-15(13)16/h3-6,12,14,17H,7-11H2,1-2H3. The summed E-state index contributed by atoms with van der Waals surface area (Å²) in [6.07, 6.45) is 3.19. The van der Waals surface area contributed by atoms with Gasteiger partial charge in [-0.05, 0) is 51.4 Å². The summed E-state index contributed by atoms with van der Waals surface area (Å²) in [5.74, 6) is -0.0738. The zero-order valence-electron chi connectivity index (χ0n) is 11.3. The molecule has 0 aromatic heterocycles. The van der Waals surface area contributed by atoms with Gasteiger partial charge < -0.3 is 10.2 Å². The van der Waals surface area contributed by atoms with Gasteiger partial charge in [0.1, 0.15) is 5.82 Å². The molecule has 2 rings (SSSR count). The highest BCUT2D eigenvalue weighted by Crippen LogP contribution is 2.18. The molecular formula is C15H23FN2. The summed E-state index contributed by atoms with van der Waals surface area (Å²) in [7, 11) is 2.03. The normalized spacial score (nSPS) is 25.3. The van der Waals surface area contributed by atoms with Crippen molar-refractivity contribution in [2.24, 2.45) is 0 Å². The first-order valence-corrected chi connectivity index (χ1v) is 6.85. The van der Waals surface area contributed by atoms with Gasteiger partial charge in [0.25, 0.3) is 0 Å². The molecule has 1 aromatic carbocycles. The van der Waals surface area contributed by atoms with Crippen molar-refractivity contribution in [3.8, 4) is 0 Å². The van der Waals surface area contributed by atoms with Crippen molar-refractivity contribution < 1.29 is 4.39 Å². The third-order valence-corrected chi connectivity index (χ3v) is 4.05. The van der Waals surface area contributed by atoms with Crippen molar-refractivity contribution in [1.29, 1.82) is 0 Å². The molecule has 100 valence electrons. The van der Waals surface area contributed by atoms with Crippen LogP contribution in [0.5, 0.6) is 0 Å². The summed E-state index contributed by atoms with van der Waals surface area (Å²) >= 11 is 0. The van der Waals surface area contributed by atoms with Crippen molar-refractivity contribution in [3.63, 3.8) is 0 Å². The fourth-order valence-electron chi connectivity index (χ4n) is 2.78. The quantitative estimate of drug-likeness (QED) is 0.883. The summed E-state index contributed by atoms with van der Waals surface area (Å²) in [5, 5.41) is 3.35. The Labute approximate surface area is 109 Å². The summed E-state index contributed by atoms with van der Waals surface area (Å²) in [6.45, 7) is 4.34. The van der Waals surface area contributed by atoms with Gasteiger partial charge in [-0.3, -0.25) is 0 Å². The molecule has 3 heteroatoms. The molecule has 0 saturated carbocycles. The smallest absolute Gasteiger partial charge is 0.126 e. The van der Waals surface area contributed by atoms with Crippen LogP contribution in [-0.4, -0.2) is 37.1 Å². The zero-order chi connectivity index (χ0) is 13.0. The van der Waals surface area contributed by atoms with Gasteiger partial charge in [-0.1, -0.05) is 18.2 Å². The Kier molecular flexibility index (Phi) is 4.72. The number of benzene rings is 1. The van der Waals surface area contributed by atoms with E-state index in [9.17, 15) is 4.39 Å². The summed E-state index contributed by atoms with van der Waals surface area (Å²) in [5.41, 5.74) is 0.834. The minimum atomic E-state index is -0.0738. The number of rotatable bonds is 4. The van der Waals surface area contributed by atoms with Gasteiger partial charge >= 0.3 is 0 Å². The maximum atomic E-state index is 13.5. The predicted octanol–water partition coefficient (Wildman–Crippen LogP) is 2.44. The fourth-order valence-corrected chi connectivity index (χ4v) is 2.78. The van der Waals surface area contributed by atoms with Crippen molar-refractivity contribution in [2.45, 2.75) is 38.3 Å². The average Bonchev–Trinajstić information content (AvgIpc) is 2.39. The highest BCUT2D eigenvalue weighted by molar-refractivity contribution is 5.17. The van der Waals surface area contributed by atoms with Crippen molar-refractivity contribution in [2.75, 3.05) is 20.1 Å². The Balaban J connectivity index is 1.86. The molecule has 2 nitrogen and oxygen atoms in total. The second-order valence-electron chi connectivity index (χ2n) is 5.24. The first-order chi connectivity index (χ1) is 8.70. The number of nitrogens with zero attached hydrogens (tertiary/aromatic N) is 1. The summed E-state index contributed by atoms with van der Waals surface area (Å²) in [6, 6.07) is 8.33. The molecule has 1 aliphatic rings. The lowest BCUT2D eigenvalue weighted by molar-refractivity contribution is 0.140. The van der Waals surface area contributed by atoms with E-state index in [4.69, 9.17) is 0 Å². The lowest BCUT2D eigenvalue weighted by Gasteiger charge is -2.37. The second kappa shape index (κ2) is 6.30. The van der Waals surface area contributed by atoms with Gasteiger partial charge in [0.15, 0.2) is 0 Å². The maximum Gasteiger partial charge on any atom is 0.126 e. The van der Waals surface area contributed by atoms with Crippen molar-refractivity contribution >= 4 is 0 Å². The molecule has 1 aliphatic heterocycles.